The zero-order chi connectivity index (χ0) is 13.6. The molecule has 0 spiro atoms. The number of aliphatic hydroxyl groups excluding tert-OH is 1. The third-order valence-corrected chi connectivity index (χ3v) is 3.77. The van der Waals surface area contributed by atoms with Crippen molar-refractivity contribution >= 4 is 0 Å². The lowest BCUT2D eigenvalue weighted by atomic mass is 10.0. The summed E-state index contributed by atoms with van der Waals surface area (Å²) in [6.45, 7) is 4.19. The van der Waals surface area contributed by atoms with Gasteiger partial charge in [0.05, 0.1) is 12.2 Å². The van der Waals surface area contributed by atoms with Crippen LogP contribution in [0.5, 0.6) is 0 Å². The molecule has 0 aliphatic heterocycles. The molecule has 0 saturated heterocycles. The van der Waals surface area contributed by atoms with Gasteiger partial charge in [-0.05, 0) is 13.3 Å². The molecule has 0 aromatic carbocycles. The van der Waals surface area contributed by atoms with Gasteiger partial charge in [0.25, 0.3) is 0 Å². The lowest BCUT2D eigenvalue weighted by Crippen LogP contribution is -2.24. The number of rotatable bonds is 13. The Labute approximate surface area is 114 Å². The maximum absolute atomic E-state index is 9.72. The van der Waals surface area contributed by atoms with Crippen molar-refractivity contribution in [1.82, 2.24) is 0 Å². The van der Waals surface area contributed by atoms with Crippen molar-refractivity contribution in [2.24, 2.45) is 0 Å². The van der Waals surface area contributed by atoms with Gasteiger partial charge in [0.2, 0.25) is 0 Å². The Morgan fingerprint density at radius 2 is 1.28 bits per heavy atom. The molecule has 1 N–H and O–H groups in total. The molecule has 0 aromatic rings. The van der Waals surface area contributed by atoms with E-state index in [4.69, 9.17) is 4.74 Å². The molecule has 18 heavy (non-hydrogen) atoms. The zero-order valence-electron chi connectivity index (χ0n) is 12.8. The zero-order valence-corrected chi connectivity index (χ0v) is 12.8. The van der Waals surface area contributed by atoms with Crippen LogP contribution in [0.3, 0.4) is 0 Å². The first-order valence-corrected chi connectivity index (χ1v) is 7.93. The van der Waals surface area contributed by atoms with E-state index in [2.05, 4.69) is 6.92 Å². The molecule has 0 radical (unpaired) electrons. The molecule has 2 atom stereocenters. The molecule has 2 nitrogen and oxygen atoms in total. The van der Waals surface area contributed by atoms with Gasteiger partial charge in [0.1, 0.15) is 0 Å². The molecule has 0 bridgehead atoms. The smallest absolute Gasteiger partial charge is 0.0802 e. The van der Waals surface area contributed by atoms with Gasteiger partial charge in [-0.2, -0.15) is 0 Å². The van der Waals surface area contributed by atoms with Crippen LogP contribution >= 0.6 is 0 Å². The number of hydrogen-bond donors (Lipinski definition) is 1. The van der Waals surface area contributed by atoms with Crippen LogP contribution in [0.2, 0.25) is 0 Å². The summed E-state index contributed by atoms with van der Waals surface area (Å²) < 4.78 is 5.10. The van der Waals surface area contributed by atoms with Crippen molar-refractivity contribution in [3.05, 3.63) is 0 Å². The first-order chi connectivity index (χ1) is 8.72. The molecular formula is C16H34O2. The third kappa shape index (κ3) is 11.0. The Balaban J connectivity index is 3.11. The van der Waals surface area contributed by atoms with Crippen LogP contribution in [-0.4, -0.2) is 24.4 Å². The van der Waals surface area contributed by atoms with E-state index in [0.29, 0.717) is 0 Å². The average molecular weight is 258 g/mol. The third-order valence-electron chi connectivity index (χ3n) is 3.77. The Morgan fingerprint density at radius 3 is 1.72 bits per heavy atom. The van der Waals surface area contributed by atoms with E-state index in [1.807, 2.05) is 6.92 Å². The molecule has 0 saturated carbocycles. The standard InChI is InChI=1S/C16H34O2/c1-4-5-6-7-8-9-10-11-12-13-14-16(17)15(2)18-3/h15-17H,4-14H2,1-3H3. The summed E-state index contributed by atoms with van der Waals surface area (Å²) >= 11 is 0. The minimum absolute atomic E-state index is 0.0245. The quantitative estimate of drug-likeness (QED) is 0.485. The SMILES string of the molecule is CCCCCCCCCCCCC(O)C(C)OC. The monoisotopic (exact) mass is 258 g/mol. The van der Waals surface area contributed by atoms with E-state index >= 15 is 0 Å². The average Bonchev–Trinajstić information content (AvgIpc) is 2.39. The van der Waals surface area contributed by atoms with E-state index in [1.54, 1.807) is 7.11 Å². The van der Waals surface area contributed by atoms with E-state index in [9.17, 15) is 5.11 Å². The summed E-state index contributed by atoms with van der Waals surface area (Å²) in [6.07, 6.45) is 14.0. The second kappa shape index (κ2) is 13.4. The van der Waals surface area contributed by atoms with Crippen LogP contribution < -0.4 is 0 Å². The Hall–Kier alpha value is -0.0800. The fourth-order valence-corrected chi connectivity index (χ4v) is 2.23. The van der Waals surface area contributed by atoms with Gasteiger partial charge >= 0.3 is 0 Å². The van der Waals surface area contributed by atoms with Crippen LogP contribution in [-0.2, 0) is 4.74 Å². The normalized spacial score (nSPS) is 14.7. The van der Waals surface area contributed by atoms with E-state index in [0.717, 1.165) is 12.8 Å². The Bertz CT molecular complexity index is 159. The molecule has 0 rings (SSSR count). The van der Waals surface area contributed by atoms with Gasteiger partial charge in [0, 0.05) is 7.11 Å². The summed E-state index contributed by atoms with van der Waals surface area (Å²) in [5, 5.41) is 9.72. The number of ether oxygens (including phenoxy) is 1. The number of hydrogen-bond acceptors (Lipinski definition) is 2. The molecule has 2 heteroatoms. The fourth-order valence-electron chi connectivity index (χ4n) is 2.23. The van der Waals surface area contributed by atoms with Crippen molar-refractivity contribution in [3.63, 3.8) is 0 Å². The first kappa shape index (κ1) is 17.9. The lowest BCUT2D eigenvalue weighted by Gasteiger charge is -2.16. The van der Waals surface area contributed by atoms with Crippen molar-refractivity contribution < 1.29 is 9.84 Å². The van der Waals surface area contributed by atoms with Gasteiger partial charge in [-0.1, -0.05) is 71.1 Å². The minimum Gasteiger partial charge on any atom is -0.390 e. The summed E-state index contributed by atoms with van der Waals surface area (Å²) in [5.41, 5.74) is 0. The maximum Gasteiger partial charge on any atom is 0.0802 e. The molecule has 0 heterocycles. The molecule has 2 unspecified atom stereocenters. The van der Waals surface area contributed by atoms with Crippen LogP contribution in [0.25, 0.3) is 0 Å². The summed E-state index contributed by atoms with van der Waals surface area (Å²) in [4.78, 5) is 0. The number of aliphatic hydroxyl groups is 1. The molecule has 110 valence electrons. The fraction of sp³-hybridized carbons (Fsp3) is 1.00. The number of methoxy groups -OCH3 is 1. The van der Waals surface area contributed by atoms with Crippen LogP contribution in [0, 0.1) is 0 Å². The highest BCUT2D eigenvalue weighted by atomic mass is 16.5. The van der Waals surface area contributed by atoms with Crippen LogP contribution in [0.4, 0.5) is 0 Å². The van der Waals surface area contributed by atoms with Gasteiger partial charge in [0.15, 0.2) is 0 Å². The molecule has 0 aliphatic rings. The highest BCUT2D eigenvalue weighted by Crippen LogP contribution is 2.13. The molecule has 0 aromatic heterocycles. The second-order valence-electron chi connectivity index (χ2n) is 5.48. The van der Waals surface area contributed by atoms with Crippen molar-refractivity contribution in [3.8, 4) is 0 Å². The van der Waals surface area contributed by atoms with Gasteiger partial charge in [-0.3, -0.25) is 0 Å². The summed E-state index contributed by atoms with van der Waals surface area (Å²) in [6, 6.07) is 0. The van der Waals surface area contributed by atoms with Gasteiger partial charge < -0.3 is 9.84 Å². The summed E-state index contributed by atoms with van der Waals surface area (Å²) in [7, 11) is 1.66. The molecule has 0 aliphatic carbocycles. The number of unbranched alkanes of at least 4 members (excludes halogenated alkanes) is 9. The predicted octanol–water partition coefficient (Wildman–Crippen LogP) is 4.69. The summed E-state index contributed by atoms with van der Waals surface area (Å²) in [5.74, 6) is 0. The highest BCUT2D eigenvalue weighted by molar-refractivity contribution is 4.63. The van der Waals surface area contributed by atoms with E-state index in [-0.39, 0.29) is 12.2 Å². The largest absolute Gasteiger partial charge is 0.390 e. The van der Waals surface area contributed by atoms with Crippen molar-refractivity contribution in [2.45, 2.75) is 96.7 Å². The minimum atomic E-state index is -0.288. The first-order valence-electron chi connectivity index (χ1n) is 7.93. The lowest BCUT2D eigenvalue weighted by molar-refractivity contribution is -0.00531. The van der Waals surface area contributed by atoms with Gasteiger partial charge in [-0.15, -0.1) is 0 Å². The highest BCUT2D eigenvalue weighted by Gasteiger charge is 2.11. The molecule has 0 amide bonds. The maximum atomic E-state index is 9.72. The Morgan fingerprint density at radius 1 is 0.833 bits per heavy atom. The van der Waals surface area contributed by atoms with Crippen molar-refractivity contribution in [1.29, 1.82) is 0 Å². The molecule has 0 fully saturated rings. The van der Waals surface area contributed by atoms with Crippen molar-refractivity contribution in [2.75, 3.05) is 7.11 Å². The van der Waals surface area contributed by atoms with Crippen LogP contribution in [0.1, 0.15) is 84.5 Å². The van der Waals surface area contributed by atoms with Crippen LogP contribution in [0.15, 0.2) is 0 Å². The molecular weight excluding hydrogens is 224 g/mol. The van der Waals surface area contributed by atoms with Gasteiger partial charge in [-0.25, -0.2) is 0 Å². The Kier molecular flexibility index (Phi) is 13.3. The van der Waals surface area contributed by atoms with E-state index < -0.39 is 0 Å². The predicted molar refractivity (Wildman–Crippen MR) is 78.9 cm³/mol. The van der Waals surface area contributed by atoms with E-state index in [1.165, 1.54) is 57.8 Å². The second-order valence-corrected chi connectivity index (χ2v) is 5.48. The topological polar surface area (TPSA) is 29.5 Å².